The zero-order chi connectivity index (χ0) is 24.6. The van der Waals surface area contributed by atoms with Gasteiger partial charge in [-0.25, -0.2) is 0 Å². The van der Waals surface area contributed by atoms with Crippen molar-refractivity contribution in [3.8, 4) is 17.1 Å². The van der Waals surface area contributed by atoms with Crippen molar-refractivity contribution in [2.75, 3.05) is 17.6 Å². The van der Waals surface area contributed by atoms with E-state index >= 15 is 0 Å². The molecule has 3 aromatic carbocycles. The number of benzene rings is 3. The molecule has 0 saturated carbocycles. The van der Waals surface area contributed by atoms with E-state index in [9.17, 15) is 9.59 Å². The van der Waals surface area contributed by atoms with Crippen molar-refractivity contribution in [2.24, 2.45) is 0 Å². The second-order valence-electron chi connectivity index (χ2n) is 7.91. The van der Waals surface area contributed by atoms with Crippen LogP contribution in [0.25, 0.3) is 17.1 Å². The number of aromatic nitrogens is 3. The van der Waals surface area contributed by atoms with E-state index in [-0.39, 0.29) is 17.6 Å². The Morgan fingerprint density at radius 1 is 0.943 bits per heavy atom. The number of rotatable bonds is 9. The van der Waals surface area contributed by atoms with Gasteiger partial charge in [0.05, 0.1) is 5.75 Å². The first-order chi connectivity index (χ1) is 17.0. The fourth-order valence-electron chi connectivity index (χ4n) is 3.69. The van der Waals surface area contributed by atoms with Gasteiger partial charge in [-0.15, -0.1) is 10.2 Å². The van der Waals surface area contributed by atoms with E-state index in [2.05, 4.69) is 15.5 Å². The third kappa shape index (κ3) is 6.16. The highest BCUT2D eigenvalue weighted by Gasteiger charge is 2.17. The molecule has 0 aliphatic rings. The molecule has 1 N–H and O–H groups in total. The Morgan fingerprint density at radius 3 is 2.34 bits per heavy atom. The van der Waals surface area contributed by atoms with Crippen molar-refractivity contribution in [1.29, 1.82) is 0 Å². The van der Waals surface area contributed by atoms with Gasteiger partial charge in [0.25, 0.3) is 0 Å². The number of anilines is 1. The standard InChI is InChI=1S/C27H27N5O2S/c1-3-31(20(2)33)18-21-11-10-14-23(17-21)28-25(34)19-35-27-30-29-26(22-12-6-4-7-13-22)32(27)24-15-8-5-9-16-24/h4-17H,3,18-19H2,1-2H3,(H,28,34). The number of carbonyl (C=O) groups excluding carboxylic acids is 2. The van der Waals surface area contributed by atoms with Crippen LogP contribution in [0.15, 0.2) is 90.1 Å². The minimum absolute atomic E-state index is 0.0238. The van der Waals surface area contributed by atoms with Gasteiger partial charge in [-0.05, 0) is 36.8 Å². The van der Waals surface area contributed by atoms with Crippen LogP contribution in [0.5, 0.6) is 0 Å². The molecule has 0 atom stereocenters. The van der Waals surface area contributed by atoms with Crippen molar-refractivity contribution in [3.63, 3.8) is 0 Å². The number of amides is 2. The Morgan fingerprint density at radius 2 is 1.66 bits per heavy atom. The monoisotopic (exact) mass is 485 g/mol. The van der Waals surface area contributed by atoms with Crippen molar-refractivity contribution in [3.05, 3.63) is 90.5 Å². The summed E-state index contributed by atoms with van der Waals surface area (Å²) < 4.78 is 1.97. The maximum atomic E-state index is 12.8. The minimum atomic E-state index is -0.144. The van der Waals surface area contributed by atoms with Gasteiger partial charge in [0, 0.05) is 37.0 Å². The molecule has 0 aliphatic carbocycles. The lowest BCUT2D eigenvalue weighted by atomic mass is 10.2. The molecule has 2 amide bonds. The average molecular weight is 486 g/mol. The van der Waals surface area contributed by atoms with E-state index in [1.807, 2.05) is 96.4 Å². The molecule has 0 unspecified atom stereocenters. The second kappa shape index (κ2) is 11.5. The SMILES string of the molecule is CCN(Cc1cccc(NC(=O)CSc2nnc(-c3ccccc3)n2-c2ccccc2)c1)C(C)=O. The van der Waals surface area contributed by atoms with Gasteiger partial charge < -0.3 is 10.2 Å². The molecule has 4 aromatic rings. The normalized spacial score (nSPS) is 10.7. The summed E-state index contributed by atoms with van der Waals surface area (Å²) in [6.45, 7) is 4.65. The summed E-state index contributed by atoms with van der Waals surface area (Å²) in [5.74, 6) is 0.780. The minimum Gasteiger partial charge on any atom is -0.339 e. The summed E-state index contributed by atoms with van der Waals surface area (Å²) in [4.78, 5) is 26.2. The molecule has 7 nitrogen and oxygen atoms in total. The van der Waals surface area contributed by atoms with Gasteiger partial charge in [0.2, 0.25) is 11.8 Å². The molecular formula is C27H27N5O2S. The van der Waals surface area contributed by atoms with Gasteiger partial charge >= 0.3 is 0 Å². The Kier molecular flexibility index (Phi) is 7.95. The van der Waals surface area contributed by atoms with Crippen molar-refractivity contribution in [2.45, 2.75) is 25.5 Å². The first-order valence-electron chi connectivity index (χ1n) is 11.4. The van der Waals surface area contributed by atoms with Gasteiger partial charge in [-0.1, -0.05) is 72.4 Å². The van der Waals surface area contributed by atoms with Crippen LogP contribution in [0.1, 0.15) is 19.4 Å². The van der Waals surface area contributed by atoms with E-state index in [4.69, 9.17) is 0 Å². The summed E-state index contributed by atoms with van der Waals surface area (Å²) >= 11 is 1.33. The number of para-hydroxylation sites is 1. The zero-order valence-corrected chi connectivity index (χ0v) is 20.5. The summed E-state index contributed by atoms with van der Waals surface area (Å²) in [5.41, 5.74) is 3.53. The molecule has 0 spiro atoms. The van der Waals surface area contributed by atoms with Crippen LogP contribution in [0.4, 0.5) is 5.69 Å². The Balaban J connectivity index is 1.48. The predicted molar refractivity (Wildman–Crippen MR) is 139 cm³/mol. The number of hydrogen-bond acceptors (Lipinski definition) is 5. The molecule has 1 heterocycles. The van der Waals surface area contributed by atoms with Crippen LogP contribution in [-0.2, 0) is 16.1 Å². The van der Waals surface area contributed by atoms with Crippen LogP contribution in [0.2, 0.25) is 0 Å². The maximum Gasteiger partial charge on any atom is 0.234 e. The average Bonchev–Trinajstić information content (AvgIpc) is 3.31. The Bertz CT molecular complexity index is 1290. The van der Waals surface area contributed by atoms with Gasteiger partial charge in [-0.3, -0.25) is 14.2 Å². The van der Waals surface area contributed by atoms with Crippen molar-refractivity contribution >= 4 is 29.3 Å². The lowest BCUT2D eigenvalue weighted by Gasteiger charge is -2.19. The molecule has 0 aliphatic heterocycles. The molecule has 0 saturated heterocycles. The highest BCUT2D eigenvalue weighted by Crippen LogP contribution is 2.28. The fourth-order valence-corrected chi connectivity index (χ4v) is 4.44. The third-order valence-corrected chi connectivity index (χ3v) is 6.35. The maximum absolute atomic E-state index is 12.8. The van der Waals surface area contributed by atoms with Crippen LogP contribution in [0, 0.1) is 0 Å². The summed E-state index contributed by atoms with van der Waals surface area (Å²) in [5, 5.41) is 12.4. The molecule has 8 heteroatoms. The van der Waals surface area contributed by atoms with Crippen LogP contribution in [-0.4, -0.2) is 43.8 Å². The summed E-state index contributed by atoms with van der Waals surface area (Å²) in [7, 11) is 0. The fraction of sp³-hybridized carbons (Fsp3) is 0.185. The second-order valence-corrected chi connectivity index (χ2v) is 8.86. The third-order valence-electron chi connectivity index (χ3n) is 5.42. The molecule has 4 rings (SSSR count). The van der Waals surface area contributed by atoms with E-state index in [0.717, 1.165) is 22.6 Å². The van der Waals surface area contributed by atoms with E-state index in [1.165, 1.54) is 11.8 Å². The lowest BCUT2D eigenvalue weighted by molar-refractivity contribution is -0.129. The Hall–Kier alpha value is -3.91. The quantitative estimate of drug-likeness (QED) is 0.336. The molecular weight excluding hydrogens is 458 g/mol. The van der Waals surface area contributed by atoms with E-state index < -0.39 is 0 Å². The molecule has 178 valence electrons. The summed E-state index contributed by atoms with van der Waals surface area (Å²) in [6, 6.07) is 27.3. The first kappa shape index (κ1) is 24.2. The van der Waals surface area contributed by atoms with Crippen LogP contribution >= 0.6 is 11.8 Å². The zero-order valence-electron chi connectivity index (χ0n) is 19.7. The predicted octanol–water partition coefficient (Wildman–Crippen LogP) is 5.03. The van der Waals surface area contributed by atoms with Crippen LogP contribution < -0.4 is 5.32 Å². The largest absolute Gasteiger partial charge is 0.339 e. The number of nitrogens with one attached hydrogen (secondary N) is 1. The van der Waals surface area contributed by atoms with Crippen molar-refractivity contribution < 1.29 is 9.59 Å². The number of nitrogens with zero attached hydrogens (tertiary/aromatic N) is 4. The smallest absolute Gasteiger partial charge is 0.234 e. The topological polar surface area (TPSA) is 80.1 Å². The summed E-state index contributed by atoms with van der Waals surface area (Å²) in [6.07, 6.45) is 0. The number of hydrogen-bond donors (Lipinski definition) is 1. The highest BCUT2D eigenvalue weighted by molar-refractivity contribution is 7.99. The molecule has 35 heavy (non-hydrogen) atoms. The van der Waals surface area contributed by atoms with E-state index in [0.29, 0.717) is 23.9 Å². The first-order valence-corrected chi connectivity index (χ1v) is 12.4. The molecule has 0 fully saturated rings. The Labute approximate surface area is 209 Å². The molecule has 0 bridgehead atoms. The lowest BCUT2D eigenvalue weighted by Crippen LogP contribution is -2.27. The number of thioether (sulfide) groups is 1. The van der Waals surface area contributed by atoms with Gasteiger partial charge in [0.15, 0.2) is 11.0 Å². The number of carbonyl (C=O) groups is 2. The highest BCUT2D eigenvalue weighted by atomic mass is 32.2. The van der Waals surface area contributed by atoms with E-state index in [1.54, 1.807) is 11.8 Å². The van der Waals surface area contributed by atoms with Crippen LogP contribution in [0.3, 0.4) is 0 Å². The van der Waals surface area contributed by atoms with Gasteiger partial charge in [-0.2, -0.15) is 0 Å². The van der Waals surface area contributed by atoms with Gasteiger partial charge in [0.1, 0.15) is 0 Å². The molecule has 1 aromatic heterocycles. The molecule has 0 radical (unpaired) electrons. The van der Waals surface area contributed by atoms with Crippen molar-refractivity contribution in [1.82, 2.24) is 19.7 Å².